The van der Waals surface area contributed by atoms with E-state index in [1.54, 1.807) is 0 Å². The van der Waals surface area contributed by atoms with E-state index in [1.807, 2.05) is 41.5 Å². The molecule has 0 saturated heterocycles. The van der Waals surface area contributed by atoms with Crippen LogP contribution < -0.4 is 0 Å². The van der Waals surface area contributed by atoms with Crippen molar-refractivity contribution in [2.24, 2.45) is 5.92 Å². The molecule has 0 heterocycles. The van der Waals surface area contributed by atoms with E-state index < -0.39 is 0 Å². The minimum absolute atomic E-state index is 0.935. The molecule has 0 fully saturated rings. The predicted molar refractivity (Wildman–Crippen MR) is 118 cm³/mol. The zero-order valence-corrected chi connectivity index (χ0v) is 19.1. The smallest absolute Gasteiger partial charge is 0.0305 e. The Morgan fingerprint density at radius 1 is 0.917 bits per heavy atom. The van der Waals surface area contributed by atoms with Gasteiger partial charge in [-0.1, -0.05) is 97.6 Å². The Kier molecular flexibility index (Phi) is 31.1. The molecule has 0 bridgehead atoms. The second-order valence-corrected chi connectivity index (χ2v) is 5.91. The summed E-state index contributed by atoms with van der Waals surface area (Å²) in [4.78, 5) is 0. The average molecular weight is 337 g/mol. The highest BCUT2D eigenvalue weighted by Gasteiger charge is 1.93. The first kappa shape index (κ1) is 30.8. The number of hydrogen-bond donors (Lipinski definition) is 0. The molecular weight excluding hydrogens is 288 g/mol. The van der Waals surface area contributed by atoms with Crippen molar-refractivity contribution in [3.8, 4) is 0 Å². The van der Waals surface area contributed by atoms with Crippen molar-refractivity contribution in [3.63, 3.8) is 0 Å². The summed E-state index contributed by atoms with van der Waals surface area (Å²) in [5.74, 6) is 0.935. The van der Waals surface area contributed by atoms with Crippen LogP contribution in [0.4, 0.5) is 0 Å². The minimum Gasteiger partial charge on any atom is -0.100 e. The Hall–Kier alpha value is -1.04. The van der Waals surface area contributed by atoms with Gasteiger partial charge in [-0.05, 0) is 51.2 Å². The normalized spacial score (nSPS) is 8.21. The number of rotatable bonds is 3. The second kappa shape index (κ2) is 24.2. The minimum atomic E-state index is 0.935. The van der Waals surface area contributed by atoms with Crippen molar-refractivity contribution < 1.29 is 0 Å². The molecular formula is C24H48. The molecule has 0 nitrogen and oxygen atoms in total. The fourth-order valence-electron chi connectivity index (χ4n) is 1.47. The molecule has 144 valence electrons. The van der Waals surface area contributed by atoms with Crippen LogP contribution >= 0.6 is 0 Å². The lowest BCUT2D eigenvalue weighted by Crippen LogP contribution is -1.86. The monoisotopic (exact) mass is 336 g/mol. The molecule has 0 aliphatic heterocycles. The van der Waals surface area contributed by atoms with E-state index >= 15 is 0 Å². The molecule has 0 spiro atoms. The van der Waals surface area contributed by atoms with Gasteiger partial charge in [-0.3, -0.25) is 0 Å². The van der Waals surface area contributed by atoms with Gasteiger partial charge in [-0.2, -0.15) is 0 Å². The van der Waals surface area contributed by atoms with Crippen molar-refractivity contribution in [2.45, 2.75) is 102 Å². The lowest BCUT2D eigenvalue weighted by atomic mass is 10.0. The number of benzene rings is 1. The third-order valence-electron chi connectivity index (χ3n) is 3.28. The van der Waals surface area contributed by atoms with E-state index in [0.29, 0.717) is 0 Å². The molecule has 0 saturated carbocycles. The lowest BCUT2D eigenvalue weighted by molar-refractivity contribution is 0.544. The number of hydrogen-bond acceptors (Lipinski definition) is 0. The zero-order chi connectivity index (χ0) is 20.1. The van der Waals surface area contributed by atoms with Crippen LogP contribution in [0.5, 0.6) is 0 Å². The summed E-state index contributed by atoms with van der Waals surface area (Å²) >= 11 is 0. The Bertz CT molecular complexity index is 352. The lowest BCUT2D eigenvalue weighted by Gasteiger charge is -2.02. The largest absolute Gasteiger partial charge is 0.100 e. The molecule has 1 aromatic rings. The van der Waals surface area contributed by atoms with E-state index in [9.17, 15) is 0 Å². The maximum absolute atomic E-state index is 3.56. The first-order valence-electron chi connectivity index (χ1n) is 9.96. The van der Waals surface area contributed by atoms with E-state index in [1.165, 1.54) is 35.1 Å². The summed E-state index contributed by atoms with van der Waals surface area (Å²) in [7, 11) is 0. The molecule has 0 radical (unpaired) electrons. The second-order valence-electron chi connectivity index (χ2n) is 5.91. The Balaban J connectivity index is -0.000000123. The van der Waals surface area contributed by atoms with E-state index in [0.717, 1.165) is 12.3 Å². The van der Waals surface area contributed by atoms with Gasteiger partial charge in [0.15, 0.2) is 0 Å². The van der Waals surface area contributed by atoms with E-state index in [-0.39, 0.29) is 0 Å². The summed E-state index contributed by atoms with van der Waals surface area (Å²) in [5.41, 5.74) is 5.41. The topological polar surface area (TPSA) is 0 Å². The van der Waals surface area contributed by atoms with Gasteiger partial charge in [0.2, 0.25) is 0 Å². The molecule has 0 unspecified atom stereocenters. The summed E-state index contributed by atoms with van der Waals surface area (Å²) < 4.78 is 0. The third-order valence-corrected chi connectivity index (χ3v) is 3.28. The molecule has 0 N–H and O–H groups in total. The zero-order valence-electron chi connectivity index (χ0n) is 19.1. The molecule has 0 heteroatoms. The van der Waals surface area contributed by atoms with Gasteiger partial charge < -0.3 is 0 Å². The van der Waals surface area contributed by atoms with Crippen molar-refractivity contribution in [1.29, 1.82) is 0 Å². The van der Waals surface area contributed by atoms with Gasteiger partial charge in [0.1, 0.15) is 0 Å². The fourth-order valence-corrected chi connectivity index (χ4v) is 1.47. The maximum atomic E-state index is 3.56. The van der Waals surface area contributed by atoms with Gasteiger partial charge in [-0.25, -0.2) is 0 Å². The van der Waals surface area contributed by atoms with Gasteiger partial charge in [0.05, 0.1) is 0 Å². The molecule has 0 aliphatic carbocycles. The van der Waals surface area contributed by atoms with Gasteiger partial charge in [0.25, 0.3) is 0 Å². The fraction of sp³-hybridized carbons (Fsp3) is 0.667. The summed E-state index contributed by atoms with van der Waals surface area (Å²) in [6, 6.07) is 6.61. The van der Waals surface area contributed by atoms with Crippen LogP contribution in [0.15, 0.2) is 30.4 Å². The third kappa shape index (κ3) is 25.9. The highest BCUT2D eigenvalue weighted by molar-refractivity contribution is 5.30. The van der Waals surface area contributed by atoms with Crippen LogP contribution in [0, 0.1) is 19.8 Å². The molecule has 0 aromatic heterocycles. The quantitative estimate of drug-likeness (QED) is 0.483. The predicted octanol–water partition coefficient (Wildman–Crippen LogP) is 8.94. The van der Waals surface area contributed by atoms with Crippen LogP contribution in [0.3, 0.4) is 0 Å². The van der Waals surface area contributed by atoms with Crippen LogP contribution in [0.2, 0.25) is 0 Å². The van der Waals surface area contributed by atoms with E-state index in [4.69, 9.17) is 0 Å². The molecule has 24 heavy (non-hydrogen) atoms. The number of aryl methyl sites for hydroxylation is 3. The van der Waals surface area contributed by atoms with Crippen molar-refractivity contribution in [1.82, 2.24) is 0 Å². The van der Waals surface area contributed by atoms with Crippen LogP contribution in [-0.4, -0.2) is 0 Å². The molecule has 0 aliphatic rings. The first-order chi connectivity index (χ1) is 11.3. The van der Waals surface area contributed by atoms with Crippen LogP contribution in [0.25, 0.3) is 0 Å². The van der Waals surface area contributed by atoms with Crippen LogP contribution in [0.1, 0.15) is 98.8 Å². The Morgan fingerprint density at radius 3 is 1.50 bits per heavy atom. The highest BCUT2D eigenvalue weighted by atomic mass is 14.0. The first-order valence-corrected chi connectivity index (χ1v) is 9.96. The summed E-state index contributed by atoms with van der Waals surface area (Å²) in [6.45, 7) is 28.7. The van der Waals surface area contributed by atoms with Crippen molar-refractivity contribution in [2.75, 3.05) is 0 Å². The summed E-state index contributed by atoms with van der Waals surface area (Å²) in [5, 5.41) is 0. The average Bonchev–Trinajstić information content (AvgIpc) is 2.60. The maximum Gasteiger partial charge on any atom is -0.0305 e. The highest BCUT2D eigenvalue weighted by Crippen LogP contribution is 2.10. The molecule has 1 rings (SSSR count). The standard InChI is InChI=1S/C10H14.C6H14.C4H8.2C2H6/c1-4-10-7-8(2)5-6-9(10)3;1-4-6(3)5-2;1-4(2)3;2*1-2/h5-7H,4H2,1-3H3;6H,4-5H2,1-3H3;1H2,2-3H3;2*1-2H3. The number of allylic oxidation sites excluding steroid dienone is 1. The van der Waals surface area contributed by atoms with Crippen molar-refractivity contribution >= 4 is 0 Å². The Labute approximate surface area is 155 Å². The van der Waals surface area contributed by atoms with Gasteiger partial charge in [0, 0.05) is 0 Å². The Morgan fingerprint density at radius 2 is 1.29 bits per heavy atom. The SMILES string of the molecule is C=C(C)C.CC.CC.CCC(C)CC.CCc1cc(C)ccc1C. The molecule has 1 aromatic carbocycles. The van der Waals surface area contributed by atoms with Gasteiger partial charge in [-0.15, -0.1) is 6.58 Å². The van der Waals surface area contributed by atoms with Crippen LogP contribution in [-0.2, 0) is 6.42 Å². The molecule has 0 amide bonds. The van der Waals surface area contributed by atoms with Crippen molar-refractivity contribution in [3.05, 3.63) is 47.0 Å². The van der Waals surface area contributed by atoms with Gasteiger partial charge >= 0.3 is 0 Å². The molecule has 0 atom stereocenters. The summed E-state index contributed by atoms with van der Waals surface area (Å²) in [6.07, 6.45) is 3.81. The van der Waals surface area contributed by atoms with E-state index in [2.05, 4.69) is 66.3 Å².